The smallest absolute Gasteiger partial charge is 0.221 e. The Hall–Kier alpha value is -1.66. The third kappa shape index (κ3) is 7.40. The van der Waals surface area contributed by atoms with Crippen molar-refractivity contribution in [2.75, 3.05) is 19.3 Å². The van der Waals surface area contributed by atoms with E-state index in [1.165, 1.54) is 29.0 Å². The van der Waals surface area contributed by atoms with Gasteiger partial charge >= 0.3 is 0 Å². The highest BCUT2D eigenvalue weighted by atomic mass is 32.2. The van der Waals surface area contributed by atoms with Gasteiger partial charge in [-0.25, -0.2) is 12.7 Å². The third-order valence-electron chi connectivity index (χ3n) is 4.46. The average Bonchev–Trinajstić information content (AvgIpc) is 2.60. The molecule has 1 N–H and O–H groups in total. The molecule has 0 heterocycles. The van der Waals surface area contributed by atoms with Crippen LogP contribution < -0.4 is 5.32 Å². The van der Waals surface area contributed by atoms with E-state index in [1.54, 1.807) is 0 Å². The van der Waals surface area contributed by atoms with Gasteiger partial charge in [-0.2, -0.15) is 0 Å². The highest BCUT2D eigenvalue weighted by molar-refractivity contribution is 7.88. The highest BCUT2D eigenvalue weighted by Gasteiger charge is 2.18. The van der Waals surface area contributed by atoms with E-state index in [9.17, 15) is 13.2 Å². The number of hydrogen-bond donors (Lipinski definition) is 1. The molecule has 0 fully saturated rings. The molecule has 25 heavy (non-hydrogen) atoms. The van der Waals surface area contributed by atoms with Crippen LogP contribution >= 0.6 is 0 Å². The van der Waals surface area contributed by atoms with Gasteiger partial charge in [-0.15, -0.1) is 0 Å². The summed E-state index contributed by atoms with van der Waals surface area (Å²) in [6.45, 7) is 1.15. The second-order valence-electron chi connectivity index (χ2n) is 6.53. The topological polar surface area (TPSA) is 66.5 Å². The van der Waals surface area contributed by atoms with E-state index >= 15 is 0 Å². The number of allylic oxidation sites excluding steroid dienone is 1. The SMILES string of the molecule is CS(=O)(=O)N(CCC(=O)NCc1ccccc1)CCC1=CCCCC1. The van der Waals surface area contributed by atoms with Crippen molar-refractivity contribution < 1.29 is 13.2 Å². The van der Waals surface area contributed by atoms with Crippen LogP contribution in [0.15, 0.2) is 42.0 Å². The van der Waals surface area contributed by atoms with E-state index in [0.717, 1.165) is 24.8 Å². The summed E-state index contributed by atoms with van der Waals surface area (Å²) in [5.41, 5.74) is 2.37. The molecule has 1 aliphatic carbocycles. The summed E-state index contributed by atoms with van der Waals surface area (Å²) >= 11 is 0. The predicted molar refractivity (Wildman–Crippen MR) is 100 cm³/mol. The molecule has 0 aliphatic heterocycles. The van der Waals surface area contributed by atoms with Crippen LogP contribution in [0.3, 0.4) is 0 Å². The molecule has 0 bridgehead atoms. The van der Waals surface area contributed by atoms with Crippen LogP contribution in [0.25, 0.3) is 0 Å². The molecule has 0 unspecified atom stereocenters. The first-order chi connectivity index (χ1) is 11.9. The molecular weight excluding hydrogens is 336 g/mol. The highest BCUT2D eigenvalue weighted by Crippen LogP contribution is 2.20. The minimum absolute atomic E-state index is 0.130. The lowest BCUT2D eigenvalue weighted by molar-refractivity contribution is -0.121. The van der Waals surface area contributed by atoms with Gasteiger partial charge in [-0.05, 0) is 37.7 Å². The molecule has 0 radical (unpaired) electrons. The largest absolute Gasteiger partial charge is 0.352 e. The molecule has 6 heteroatoms. The Morgan fingerprint density at radius 3 is 2.56 bits per heavy atom. The van der Waals surface area contributed by atoms with E-state index in [2.05, 4.69) is 11.4 Å². The van der Waals surface area contributed by atoms with E-state index < -0.39 is 10.0 Å². The quantitative estimate of drug-likeness (QED) is 0.685. The van der Waals surface area contributed by atoms with Crippen LogP contribution in [-0.2, 0) is 21.4 Å². The zero-order chi connectivity index (χ0) is 18.1. The summed E-state index contributed by atoms with van der Waals surface area (Å²) in [4.78, 5) is 12.0. The second kappa shape index (κ2) is 9.73. The van der Waals surface area contributed by atoms with Crippen LogP contribution in [0.2, 0.25) is 0 Å². The van der Waals surface area contributed by atoms with E-state index in [-0.39, 0.29) is 18.9 Å². The summed E-state index contributed by atoms with van der Waals surface area (Å²) in [5.74, 6) is -0.130. The van der Waals surface area contributed by atoms with Crippen molar-refractivity contribution in [1.82, 2.24) is 9.62 Å². The maximum absolute atomic E-state index is 12.0. The van der Waals surface area contributed by atoms with E-state index in [0.29, 0.717) is 13.1 Å². The summed E-state index contributed by atoms with van der Waals surface area (Å²) < 4.78 is 25.4. The summed E-state index contributed by atoms with van der Waals surface area (Å²) in [6.07, 6.45) is 8.96. The molecule has 0 spiro atoms. The fourth-order valence-corrected chi connectivity index (χ4v) is 3.80. The molecule has 1 aliphatic rings. The second-order valence-corrected chi connectivity index (χ2v) is 8.51. The zero-order valence-electron chi connectivity index (χ0n) is 14.9. The maximum Gasteiger partial charge on any atom is 0.221 e. The Balaban J connectivity index is 1.78. The minimum Gasteiger partial charge on any atom is -0.352 e. The lowest BCUT2D eigenvalue weighted by atomic mass is 9.97. The van der Waals surface area contributed by atoms with Gasteiger partial charge < -0.3 is 5.32 Å². The first-order valence-corrected chi connectivity index (χ1v) is 10.7. The molecule has 0 saturated carbocycles. The number of nitrogens with one attached hydrogen (secondary N) is 1. The number of carbonyl (C=O) groups excluding carboxylic acids is 1. The molecule has 0 aromatic heterocycles. The summed E-state index contributed by atoms with van der Waals surface area (Å²) in [5, 5.41) is 2.84. The van der Waals surface area contributed by atoms with Crippen molar-refractivity contribution in [3.63, 3.8) is 0 Å². The van der Waals surface area contributed by atoms with Gasteiger partial charge in [0.2, 0.25) is 15.9 Å². The zero-order valence-corrected chi connectivity index (χ0v) is 15.7. The Morgan fingerprint density at radius 1 is 1.16 bits per heavy atom. The minimum atomic E-state index is -3.30. The predicted octanol–water partition coefficient (Wildman–Crippen LogP) is 2.85. The lowest BCUT2D eigenvalue weighted by Gasteiger charge is -2.21. The van der Waals surface area contributed by atoms with Crippen molar-refractivity contribution in [3.8, 4) is 0 Å². The van der Waals surface area contributed by atoms with Gasteiger partial charge in [0.15, 0.2) is 0 Å². The lowest BCUT2D eigenvalue weighted by Crippen LogP contribution is -2.35. The van der Waals surface area contributed by atoms with Crippen LogP contribution in [0.4, 0.5) is 0 Å². The normalized spacial score (nSPS) is 15.0. The van der Waals surface area contributed by atoms with Crippen molar-refractivity contribution in [1.29, 1.82) is 0 Å². The molecule has 5 nitrogen and oxygen atoms in total. The third-order valence-corrected chi connectivity index (χ3v) is 5.76. The van der Waals surface area contributed by atoms with Gasteiger partial charge in [0.05, 0.1) is 6.26 Å². The fourth-order valence-electron chi connectivity index (χ4n) is 2.95. The van der Waals surface area contributed by atoms with Crippen LogP contribution in [0.1, 0.15) is 44.1 Å². The van der Waals surface area contributed by atoms with Crippen LogP contribution in [0, 0.1) is 0 Å². The molecule has 138 valence electrons. The first kappa shape index (κ1) is 19.7. The molecule has 1 aromatic rings. The van der Waals surface area contributed by atoms with Crippen LogP contribution in [0.5, 0.6) is 0 Å². The molecule has 1 aromatic carbocycles. The van der Waals surface area contributed by atoms with E-state index in [4.69, 9.17) is 0 Å². The summed E-state index contributed by atoms with van der Waals surface area (Å²) in [6, 6.07) is 9.67. The molecule has 0 atom stereocenters. The first-order valence-electron chi connectivity index (χ1n) is 8.89. The van der Waals surface area contributed by atoms with Gasteiger partial charge in [0, 0.05) is 26.1 Å². The number of carbonyl (C=O) groups is 1. The van der Waals surface area contributed by atoms with Gasteiger partial charge in [0.25, 0.3) is 0 Å². The number of hydrogen-bond acceptors (Lipinski definition) is 3. The molecule has 0 saturated heterocycles. The Morgan fingerprint density at radius 2 is 1.92 bits per heavy atom. The molecular formula is C19H28N2O3S. The van der Waals surface area contributed by atoms with Crippen molar-refractivity contribution in [2.24, 2.45) is 0 Å². The molecule has 1 amide bonds. The Labute approximate surface area is 151 Å². The number of nitrogens with zero attached hydrogens (tertiary/aromatic N) is 1. The number of rotatable bonds is 9. The maximum atomic E-state index is 12.0. The monoisotopic (exact) mass is 364 g/mol. The van der Waals surface area contributed by atoms with Crippen molar-refractivity contribution in [3.05, 3.63) is 47.5 Å². The van der Waals surface area contributed by atoms with Crippen molar-refractivity contribution in [2.45, 2.75) is 45.1 Å². The average molecular weight is 365 g/mol. The number of amides is 1. The Bertz CT molecular complexity index is 684. The number of sulfonamides is 1. The van der Waals surface area contributed by atoms with Gasteiger partial charge in [-0.3, -0.25) is 4.79 Å². The fraction of sp³-hybridized carbons (Fsp3) is 0.526. The molecule has 2 rings (SSSR count). The summed E-state index contributed by atoms with van der Waals surface area (Å²) in [7, 11) is -3.30. The van der Waals surface area contributed by atoms with Crippen LogP contribution in [-0.4, -0.2) is 38.0 Å². The van der Waals surface area contributed by atoms with Gasteiger partial charge in [-0.1, -0.05) is 42.0 Å². The standard InChI is InChI=1S/C19H28N2O3S/c1-25(23,24)21(14-12-17-8-4-2-5-9-17)15-13-19(22)20-16-18-10-6-3-7-11-18/h3,6-8,10-11H,2,4-5,9,12-16H2,1H3,(H,20,22). The van der Waals surface area contributed by atoms with Gasteiger partial charge in [0.1, 0.15) is 0 Å². The number of benzene rings is 1. The van der Waals surface area contributed by atoms with Crippen molar-refractivity contribution >= 4 is 15.9 Å². The van der Waals surface area contributed by atoms with E-state index in [1.807, 2.05) is 30.3 Å². The Kier molecular flexibility index (Phi) is 7.65.